The van der Waals surface area contributed by atoms with Gasteiger partial charge in [-0.2, -0.15) is 0 Å². The lowest BCUT2D eigenvalue weighted by Crippen LogP contribution is -2.29. The summed E-state index contributed by atoms with van der Waals surface area (Å²) in [5.74, 6) is 1.81. The second-order valence-corrected chi connectivity index (χ2v) is 6.38. The first-order chi connectivity index (χ1) is 8.26. The molecule has 17 heavy (non-hydrogen) atoms. The van der Waals surface area contributed by atoms with Gasteiger partial charge in [-0.15, -0.1) is 11.3 Å². The fourth-order valence-electron chi connectivity index (χ4n) is 3.29. The normalized spacial score (nSPS) is 27.0. The number of aryl methyl sites for hydroxylation is 1. The highest BCUT2D eigenvalue weighted by Gasteiger charge is 2.29. The third kappa shape index (κ3) is 2.92. The molecular formula is C15H25NS. The highest BCUT2D eigenvalue weighted by Crippen LogP contribution is 2.40. The summed E-state index contributed by atoms with van der Waals surface area (Å²) in [6, 6.07) is 2.84. The van der Waals surface area contributed by atoms with E-state index in [0.717, 1.165) is 11.8 Å². The third-order valence-electron chi connectivity index (χ3n) is 4.37. The molecular weight excluding hydrogens is 226 g/mol. The van der Waals surface area contributed by atoms with Crippen LogP contribution in [0.1, 0.15) is 55.5 Å². The molecule has 2 rings (SSSR count). The minimum absolute atomic E-state index is 0.587. The van der Waals surface area contributed by atoms with Gasteiger partial charge in [0.1, 0.15) is 0 Å². The van der Waals surface area contributed by atoms with E-state index >= 15 is 0 Å². The lowest BCUT2D eigenvalue weighted by atomic mass is 9.76. The smallest absolute Gasteiger partial charge is 0.0443 e. The number of rotatable bonds is 4. The van der Waals surface area contributed by atoms with E-state index in [1.54, 1.807) is 4.88 Å². The first-order valence-corrected chi connectivity index (χ1v) is 7.85. The van der Waals surface area contributed by atoms with Crippen molar-refractivity contribution in [2.45, 2.75) is 52.0 Å². The Balaban J connectivity index is 2.10. The van der Waals surface area contributed by atoms with E-state index in [9.17, 15) is 0 Å². The zero-order valence-corrected chi connectivity index (χ0v) is 12.1. The fourth-order valence-corrected chi connectivity index (χ4v) is 4.42. The second kappa shape index (κ2) is 6.01. The maximum Gasteiger partial charge on any atom is 0.0443 e. The molecule has 0 aliphatic heterocycles. The zero-order valence-electron chi connectivity index (χ0n) is 11.3. The van der Waals surface area contributed by atoms with Crippen LogP contribution >= 0.6 is 11.3 Å². The zero-order chi connectivity index (χ0) is 12.3. The molecule has 1 aromatic heterocycles. The second-order valence-electron chi connectivity index (χ2n) is 5.44. The Morgan fingerprint density at radius 3 is 2.88 bits per heavy atom. The van der Waals surface area contributed by atoms with Crippen LogP contribution in [-0.4, -0.2) is 7.05 Å². The summed E-state index contributed by atoms with van der Waals surface area (Å²) in [4.78, 5) is 1.56. The van der Waals surface area contributed by atoms with Crippen molar-refractivity contribution < 1.29 is 0 Å². The van der Waals surface area contributed by atoms with Gasteiger partial charge in [-0.1, -0.05) is 26.2 Å². The van der Waals surface area contributed by atoms with Gasteiger partial charge in [-0.05, 0) is 55.7 Å². The summed E-state index contributed by atoms with van der Waals surface area (Å²) in [7, 11) is 2.12. The highest BCUT2D eigenvalue weighted by atomic mass is 32.1. The average Bonchev–Trinajstić information content (AvgIpc) is 2.77. The molecule has 96 valence electrons. The Kier molecular flexibility index (Phi) is 4.63. The molecule has 3 unspecified atom stereocenters. The lowest BCUT2D eigenvalue weighted by molar-refractivity contribution is 0.216. The Morgan fingerprint density at radius 1 is 1.47 bits per heavy atom. The highest BCUT2D eigenvalue weighted by molar-refractivity contribution is 7.10. The summed E-state index contributed by atoms with van der Waals surface area (Å²) in [5, 5.41) is 5.80. The SMILES string of the molecule is CCC1CCCC(C(NC)c2sccc2C)C1. The molecule has 1 aliphatic carbocycles. The summed E-state index contributed by atoms with van der Waals surface area (Å²) in [6.45, 7) is 4.59. The predicted molar refractivity (Wildman–Crippen MR) is 76.6 cm³/mol. The van der Waals surface area contributed by atoms with Crippen molar-refractivity contribution in [2.24, 2.45) is 11.8 Å². The predicted octanol–water partition coefficient (Wildman–Crippen LogP) is 4.53. The van der Waals surface area contributed by atoms with Gasteiger partial charge in [0.25, 0.3) is 0 Å². The largest absolute Gasteiger partial charge is 0.312 e. The summed E-state index contributed by atoms with van der Waals surface area (Å²) < 4.78 is 0. The standard InChI is InChI=1S/C15H25NS/c1-4-12-6-5-7-13(10-12)14(16-3)15-11(2)8-9-17-15/h8-9,12-14,16H,4-7,10H2,1-3H3. The van der Waals surface area contributed by atoms with Crippen LogP contribution in [0.2, 0.25) is 0 Å². The molecule has 0 saturated heterocycles. The van der Waals surface area contributed by atoms with Gasteiger partial charge in [0.15, 0.2) is 0 Å². The van der Waals surface area contributed by atoms with Gasteiger partial charge in [0, 0.05) is 10.9 Å². The maximum atomic E-state index is 3.57. The van der Waals surface area contributed by atoms with E-state index in [2.05, 4.69) is 37.7 Å². The number of hydrogen-bond acceptors (Lipinski definition) is 2. The molecule has 0 bridgehead atoms. The number of thiophene rings is 1. The molecule has 0 aromatic carbocycles. The van der Waals surface area contributed by atoms with Gasteiger partial charge in [0.2, 0.25) is 0 Å². The molecule has 3 atom stereocenters. The molecule has 0 spiro atoms. The maximum absolute atomic E-state index is 3.57. The van der Waals surface area contributed by atoms with Crippen molar-refractivity contribution in [1.29, 1.82) is 0 Å². The van der Waals surface area contributed by atoms with Gasteiger partial charge in [0.05, 0.1) is 0 Å². The van der Waals surface area contributed by atoms with Gasteiger partial charge < -0.3 is 5.32 Å². The fraction of sp³-hybridized carbons (Fsp3) is 0.733. The van der Waals surface area contributed by atoms with Crippen LogP contribution in [-0.2, 0) is 0 Å². The number of nitrogens with one attached hydrogen (secondary N) is 1. The quantitative estimate of drug-likeness (QED) is 0.829. The van der Waals surface area contributed by atoms with E-state index in [4.69, 9.17) is 0 Å². The van der Waals surface area contributed by atoms with Crippen LogP contribution in [0.5, 0.6) is 0 Å². The molecule has 2 heteroatoms. The summed E-state index contributed by atoms with van der Waals surface area (Å²) in [5.41, 5.74) is 1.47. The molecule has 0 amide bonds. The molecule has 1 heterocycles. The average molecular weight is 251 g/mol. The third-order valence-corrected chi connectivity index (χ3v) is 5.47. The molecule has 1 aromatic rings. The Labute approximate surface area is 110 Å². The van der Waals surface area contributed by atoms with E-state index in [-0.39, 0.29) is 0 Å². The molecule has 1 N–H and O–H groups in total. The molecule has 1 fully saturated rings. The topological polar surface area (TPSA) is 12.0 Å². The van der Waals surface area contributed by atoms with Crippen LogP contribution in [0.3, 0.4) is 0 Å². The number of hydrogen-bond donors (Lipinski definition) is 1. The molecule has 1 saturated carbocycles. The van der Waals surface area contributed by atoms with Crippen LogP contribution in [0.25, 0.3) is 0 Å². The van der Waals surface area contributed by atoms with Gasteiger partial charge in [-0.25, -0.2) is 0 Å². The Bertz CT molecular complexity index is 344. The van der Waals surface area contributed by atoms with Gasteiger partial charge >= 0.3 is 0 Å². The molecule has 1 nitrogen and oxygen atoms in total. The molecule has 0 radical (unpaired) electrons. The van der Waals surface area contributed by atoms with Crippen LogP contribution in [0.15, 0.2) is 11.4 Å². The first-order valence-electron chi connectivity index (χ1n) is 6.97. The first kappa shape index (κ1) is 13.1. The van der Waals surface area contributed by atoms with Crippen molar-refractivity contribution in [3.8, 4) is 0 Å². The summed E-state index contributed by atoms with van der Waals surface area (Å²) >= 11 is 1.92. The monoisotopic (exact) mass is 251 g/mol. The molecule has 1 aliphatic rings. The minimum atomic E-state index is 0.587. The van der Waals surface area contributed by atoms with Gasteiger partial charge in [-0.3, -0.25) is 0 Å². The van der Waals surface area contributed by atoms with Crippen molar-refractivity contribution in [3.63, 3.8) is 0 Å². The van der Waals surface area contributed by atoms with Crippen molar-refractivity contribution in [2.75, 3.05) is 7.05 Å². The minimum Gasteiger partial charge on any atom is -0.312 e. The van der Waals surface area contributed by atoms with Crippen LogP contribution in [0, 0.1) is 18.8 Å². The van der Waals surface area contributed by atoms with Crippen LogP contribution in [0.4, 0.5) is 0 Å². The van der Waals surface area contributed by atoms with E-state index in [1.807, 2.05) is 11.3 Å². The summed E-state index contributed by atoms with van der Waals surface area (Å²) in [6.07, 6.45) is 7.05. The van der Waals surface area contributed by atoms with Crippen molar-refractivity contribution >= 4 is 11.3 Å². The van der Waals surface area contributed by atoms with E-state index < -0.39 is 0 Å². The Hall–Kier alpha value is -0.340. The van der Waals surface area contributed by atoms with E-state index in [1.165, 1.54) is 37.7 Å². The van der Waals surface area contributed by atoms with Crippen molar-refractivity contribution in [1.82, 2.24) is 5.32 Å². The van der Waals surface area contributed by atoms with Crippen molar-refractivity contribution in [3.05, 3.63) is 21.9 Å². The Morgan fingerprint density at radius 2 is 2.29 bits per heavy atom. The lowest BCUT2D eigenvalue weighted by Gasteiger charge is -2.34. The van der Waals surface area contributed by atoms with E-state index in [0.29, 0.717) is 6.04 Å². The van der Waals surface area contributed by atoms with Crippen LogP contribution < -0.4 is 5.32 Å².